The Morgan fingerprint density at radius 3 is 1.93 bits per heavy atom. The molecule has 3 rings (SSSR count). The summed E-state index contributed by atoms with van der Waals surface area (Å²) in [6, 6.07) is 13.0. The molecule has 9 heteroatoms. The van der Waals surface area contributed by atoms with Gasteiger partial charge in [-0.15, -0.1) is 0 Å². The number of alkyl halides is 1. The summed E-state index contributed by atoms with van der Waals surface area (Å²) >= 11 is 0. The van der Waals surface area contributed by atoms with Crippen molar-refractivity contribution >= 4 is 31.7 Å². The van der Waals surface area contributed by atoms with Crippen LogP contribution in [-0.2, 0) is 29.2 Å². The van der Waals surface area contributed by atoms with Gasteiger partial charge in [0.1, 0.15) is 0 Å². The first kappa shape index (κ1) is 19.2. The van der Waals surface area contributed by atoms with Crippen LogP contribution >= 0.6 is 0 Å². The maximum atomic E-state index is 15.9. The van der Waals surface area contributed by atoms with Crippen molar-refractivity contribution in [2.24, 2.45) is 0 Å². The lowest BCUT2D eigenvalue weighted by atomic mass is 10.2. The molecule has 1 aliphatic heterocycles. The smallest absolute Gasteiger partial charge is 0.357 e. The Bertz CT molecular complexity index is 1070. The van der Waals surface area contributed by atoms with E-state index in [4.69, 9.17) is 4.74 Å². The number of benzene rings is 2. The first-order valence-electron chi connectivity index (χ1n) is 7.80. The molecule has 0 radical (unpaired) electrons. The summed E-state index contributed by atoms with van der Waals surface area (Å²) in [5.74, 6) is -1.02. The summed E-state index contributed by atoms with van der Waals surface area (Å²) in [5.41, 5.74) is 0.545. The van der Waals surface area contributed by atoms with Crippen LogP contribution in [0.5, 0.6) is 0 Å². The summed E-state index contributed by atoms with van der Waals surface area (Å²) in [4.78, 5) is 10.1. The van der Waals surface area contributed by atoms with Gasteiger partial charge < -0.3 is 4.74 Å². The molecule has 1 atom stereocenters. The molecular formula is C18H15FO6S2. The third kappa shape index (κ3) is 2.87. The maximum absolute atomic E-state index is 15.9. The van der Waals surface area contributed by atoms with Crippen LogP contribution in [-0.4, -0.2) is 33.2 Å². The fraction of sp³-hybridized carbons (Fsp3) is 0.167. The van der Waals surface area contributed by atoms with Crippen molar-refractivity contribution in [2.75, 3.05) is 0 Å². The van der Waals surface area contributed by atoms with Crippen LogP contribution in [0.3, 0.4) is 0 Å². The molecule has 0 bridgehead atoms. The fourth-order valence-electron chi connectivity index (χ4n) is 2.81. The lowest BCUT2D eigenvalue weighted by Crippen LogP contribution is -2.48. The first-order chi connectivity index (χ1) is 12.6. The van der Waals surface area contributed by atoms with Gasteiger partial charge in [0, 0.05) is 6.92 Å². The minimum Gasteiger partial charge on any atom is -0.452 e. The highest BCUT2D eigenvalue weighted by molar-refractivity contribution is 8.12. The van der Waals surface area contributed by atoms with Gasteiger partial charge in [-0.25, -0.2) is 21.2 Å². The number of carbonyl (C=O) groups is 1. The van der Waals surface area contributed by atoms with E-state index in [0.29, 0.717) is 5.56 Å². The zero-order valence-corrected chi connectivity index (χ0v) is 15.7. The number of rotatable bonds is 4. The highest BCUT2D eigenvalue weighted by Crippen LogP contribution is 2.49. The van der Waals surface area contributed by atoms with Gasteiger partial charge in [0.05, 0.1) is 9.79 Å². The Morgan fingerprint density at radius 1 is 0.963 bits per heavy atom. The van der Waals surface area contributed by atoms with Crippen LogP contribution in [0.25, 0.3) is 6.08 Å². The molecule has 0 aromatic heterocycles. The summed E-state index contributed by atoms with van der Waals surface area (Å²) in [6.07, 6.45) is 0.0401. The summed E-state index contributed by atoms with van der Waals surface area (Å²) in [6.45, 7) is 0.939. The second kappa shape index (κ2) is 6.58. The molecule has 6 nitrogen and oxygen atoms in total. The Kier molecular flexibility index (Phi) is 4.69. The zero-order chi connectivity index (χ0) is 19.9. The number of esters is 1. The van der Waals surface area contributed by atoms with Gasteiger partial charge in [0.2, 0.25) is 19.7 Å². The Morgan fingerprint density at radius 2 is 1.44 bits per heavy atom. The SMILES string of the molecule is CC(=O)O[C@@H](/C=C/c1ccccc1)C1(F)S(=O)(=O)c2ccccc2S1(=O)=O. The van der Waals surface area contributed by atoms with Gasteiger partial charge in [-0.3, -0.25) is 4.79 Å². The number of carbonyl (C=O) groups excluding carboxylic acids is 1. The molecule has 0 N–H and O–H groups in total. The number of hydrogen-bond donors (Lipinski definition) is 0. The van der Waals surface area contributed by atoms with Crippen LogP contribution in [0.4, 0.5) is 4.39 Å². The highest BCUT2D eigenvalue weighted by atomic mass is 32.3. The van der Waals surface area contributed by atoms with Crippen molar-refractivity contribution in [1.82, 2.24) is 0 Å². The molecule has 0 fully saturated rings. The summed E-state index contributed by atoms with van der Waals surface area (Å²) in [7, 11) is -9.97. The lowest BCUT2D eigenvalue weighted by Gasteiger charge is -2.25. The monoisotopic (exact) mass is 410 g/mol. The van der Waals surface area contributed by atoms with E-state index in [9.17, 15) is 21.6 Å². The van der Waals surface area contributed by atoms with E-state index < -0.39 is 45.9 Å². The van der Waals surface area contributed by atoms with Crippen molar-refractivity contribution < 1.29 is 30.8 Å². The van der Waals surface area contributed by atoms with E-state index in [1.165, 1.54) is 18.2 Å². The van der Waals surface area contributed by atoms with Gasteiger partial charge in [0.25, 0.3) is 0 Å². The topological polar surface area (TPSA) is 94.6 Å². The Hall–Kier alpha value is -2.52. The molecule has 0 unspecified atom stereocenters. The van der Waals surface area contributed by atoms with Crippen molar-refractivity contribution in [3.63, 3.8) is 0 Å². The van der Waals surface area contributed by atoms with Crippen LogP contribution in [0.2, 0.25) is 0 Å². The average Bonchev–Trinajstić information content (AvgIpc) is 2.76. The normalized spacial score (nSPS) is 20.1. The third-order valence-corrected chi connectivity index (χ3v) is 9.30. The van der Waals surface area contributed by atoms with Crippen molar-refractivity contribution in [1.29, 1.82) is 0 Å². The van der Waals surface area contributed by atoms with Crippen LogP contribution in [0, 0.1) is 0 Å². The van der Waals surface area contributed by atoms with E-state index >= 15 is 4.39 Å². The van der Waals surface area contributed by atoms with E-state index in [1.54, 1.807) is 30.3 Å². The molecule has 0 aliphatic carbocycles. The van der Waals surface area contributed by atoms with Gasteiger partial charge in [-0.2, -0.15) is 0 Å². The summed E-state index contributed by atoms with van der Waals surface area (Å²) in [5, 5.41) is 0. The van der Waals surface area contributed by atoms with Gasteiger partial charge in [-0.1, -0.05) is 48.5 Å². The quantitative estimate of drug-likeness (QED) is 0.719. The van der Waals surface area contributed by atoms with Crippen molar-refractivity contribution in [3.8, 4) is 0 Å². The number of ether oxygens (including phenoxy) is 1. The minimum absolute atomic E-state index is 0.545. The highest BCUT2D eigenvalue weighted by Gasteiger charge is 2.69. The molecule has 0 amide bonds. The first-order valence-corrected chi connectivity index (χ1v) is 10.8. The second-order valence-corrected chi connectivity index (χ2v) is 10.2. The Labute approximate surface area is 156 Å². The predicted octanol–water partition coefficient (Wildman–Crippen LogP) is 2.52. The van der Waals surface area contributed by atoms with Crippen molar-refractivity contribution in [2.45, 2.75) is 27.2 Å². The van der Waals surface area contributed by atoms with Crippen LogP contribution < -0.4 is 0 Å². The number of hydrogen-bond acceptors (Lipinski definition) is 6. The van der Waals surface area contributed by atoms with Gasteiger partial charge in [0.15, 0.2) is 6.10 Å². The molecule has 1 heterocycles. The molecule has 1 aliphatic rings. The maximum Gasteiger partial charge on any atom is 0.357 e. The predicted molar refractivity (Wildman–Crippen MR) is 95.7 cm³/mol. The molecule has 0 saturated heterocycles. The molecule has 142 valence electrons. The van der Waals surface area contributed by atoms with E-state index in [1.807, 2.05) is 0 Å². The van der Waals surface area contributed by atoms with Crippen LogP contribution in [0.1, 0.15) is 12.5 Å². The van der Waals surface area contributed by atoms with Gasteiger partial charge >= 0.3 is 10.3 Å². The molecule has 2 aromatic rings. The molecule has 0 spiro atoms. The average molecular weight is 410 g/mol. The minimum atomic E-state index is -4.99. The third-order valence-electron chi connectivity index (χ3n) is 4.06. The van der Waals surface area contributed by atoms with E-state index in [-0.39, 0.29) is 0 Å². The summed E-state index contributed by atoms with van der Waals surface area (Å²) < 4.78 is 67.9. The second-order valence-electron chi connectivity index (χ2n) is 5.84. The molecule has 2 aromatic carbocycles. The molecule has 27 heavy (non-hydrogen) atoms. The van der Waals surface area contributed by atoms with Crippen molar-refractivity contribution in [3.05, 3.63) is 66.2 Å². The largest absolute Gasteiger partial charge is 0.452 e. The van der Waals surface area contributed by atoms with Gasteiger partial charge in [-0.05, 0) is 23.8 Å². The molecular weight excluding hydrogens is 395 g/mol. The fourth-order valence-corrected chi connectivity index (χ4v) is 7.81. The van der Waals surface area contributed by atoms with Crippen LogP contribution in [0.15, 0.2) is 70.5 Å². The number of sulfone groups is 2. The molecule has 0 saturated carbocycles. The zero-order valence-electron chi connectivity index (χ0n) is 14.1. The number of fused-ring (bicyclic) bond motifs is 1. The Balaban J connectivity index is 2.19. The standard InChI is InChI=1S/C18H15FO6S2/c1-13(20)25-17(12-11-14-7-3-2-4-8-14)18(19)26(21,22)15-9-5-6-10-16(15)27(18,23)24/h2-12,17H,1H3/b12-11+/t17-/m0/s1. The number of halogens is 1. The lowest BCUT2D eigenvalue weighted by molar-refractivity contribution is -0.146. The van der Waals surface area contributed by atoms with E-state index in [2.05, 4.69) is 0 Å². The van der Waals surface area contributed by atoms with E-state index in [0.717, 1.165) is 25.1 Å².